The fourth-order valence-corrected chi connectivity index (χ4v) is 3.81. The van der Waals surface area contributed by atoms with Gasteiger partial charge in [0.15, 0.2) is 12.0 Å². The molecule has 2 heterocycles. The van der Waals surface area contributed by atoms with Crippen LogP contribution in [0.15, 0.2) is 64.2 Å². The van der Waals surface area contributed by atoms with Crippen LogP contribution in [-0.4, -0.2) is 29.3 Å². The molecule has 30 heavy (non-hydrogen) atoms. The van der Waals surface area contributed by atoms with Crippen molar-refractivity contribution in [3.8, 4) is 0 Å². The lowest BCUT2D eigenvalue weighted by Gasteiger charge is -2.09. The Bertz CT molecular complexity index is 1330. The van der Waals surface area contributed by atoms with Crippen molar-refractivity contribution in [1.82, 2.24) is 15.0 Å². The zero-order valence-electron chi connectivity index (χ0n) is 16.1. The van der Waals surface area contributed by atoms with E-state index >= 15 is 0 Å². The fourth-order valence-electron chi connectivity index (χ4n) is 2.87. The highest BCUT2D eigenvalue weighted by Gasteiger charge is 2.16. The average molecular weight is 423 g/mol. The van der Waals surface area contributed by atoms with Gasteiger partial charge in [-0.2, -0.15) is 0 Å². The van der Waals surface area contributed by atoms with E-state index < -0.39 is 10.0 Å². The molecule has 152 valence electrons. The number of nitrogens with one attached hydrogen (secondary N) is 2. The number of oxazole rings is 1. The van der Waals surface area contributed by atoms with Crippen LogP contribution in [-0.2, 0) is 10.0 Å². The van der Waals surface area contributed by atoms with Crippen molar-refractivity contribution in [1.29, 1.82) is 0 Å². The standard InChI is InChI=1S/C20H17N5O4S/c1-12-9-13(2)23-20(22-12)25-30(27,28)16-6-4-15(5-7-16)24-19(26)14-3-8-18-17(10-14)21-11-29-18/h3-11H,1-2H3,(H,24,26)(H,22,23,25). The normalized spacial score (nSPS) is 11.4. The van der Waals surface area contributed by atoms with E-state index in [1.54, 1.807) is 38.1 Å². The molecule has 2 aromatic carbocycles. The molecule has 0 aliphatic carbocycles. The fraction of sp³-hybridized carbons (Fsp3) is 0.100. The Morgan fingerprint density at radius 3 is 2.37 bits per heavy atom. The maximum Gasteiger partial charge on any atom is 0.264 e. The Labute approximate surface area is 172 Å². The molecule has 10 heteroatoms. The number of fused-ring (bicyclic) bond motifs is 1. The molecule has 1 amide bonds. The molecular weight excluding hydrogens is 406 g/mol. The van der Waals surface area contributed by atoms with Gasteiger partial charge in [0.2, 0.25) is 5.95 Å². The molecule has 0 radical (unpaired) electrons. The van der Waals surface area contributed by atoms with E-state index in [0.29, 0.717) is 33.7 Å². The summed E-state index contributed by atoms with van der Waals surface area (Å²) < 4.78 is 32.7. The minimum absolute atomic E-state index is 0.00753. The number of aromatic nitrogens is 3. The number of hydrogen-bond acceptors (Lipinski definition) is 7. The zero-order chi connectivity index (χ0) is 21.3. The summed E-state index contributed by atoms with van der Waals surface area (Å²) in [5.74, 6) is -0.342. The van der Waals surface area contributed by atoms with Crippen LogP contribution in [0, 0.1) is 13.8 Å². The number of carbonyl (C=O) groups is 1. The molecule has 0 fully saturated rings. The van der Waals surface area contributed by atoms with Crippen LogP contribution >= 0.6 is 0 Å². The van der Waals surface area contributed by atoms with Gasteiger partial charge < -0.3 is 9.73 Å². The molecule has 4 rings (SSSR count). The number of amides is 1. The Morgan fingerprint density at radius 1 is 0.967 bits per heavy atom. The van der Waals surface area contributed by atoms with Crippen molar-refractivity contribution in [3.05, 3.63) is 71.9 Å². The van der Waals surface area contributed by atoms with E-state index in [2.05, 4.69) is 25.0 Å². The molecule has 2 N–H and O–H groups in total. The van der Waals surface area contributed by atoms with Gasteiger partial charge in [0.1, 0.15) is 5.52 Å². The first-order chi connectivity index (χ1) is 14.3. The van der Waals surface area contributed by atoms with Crippen LogP contribution < -0.4 is 10.0 Å². The van der Waals surface area contributed by atoms with Gasteiger partial charge >= 0.3 is 0 Å². The van der Waals surface area contributed by atoms with Gasteiger partial charge in [0, 0.05) is 22.6 Å². The third kappa shape index (κ3) is 4.13. The lowest BCUT2D eigenvalue weighted by molar-refractivity contribution is 0.102. The van der Waals surface area contributed by atoms with Gasteiger partial charge in [-0.25, -0.2) is 28.1 Å². The summed E-state index contributed by atoms with van der Waals surface area (Å²) in [7, 11) is -3.87. The first-order valence-electron chi connectivity index (χ1n) is 8.90. The second-order valence-electron chi connectivity index (χ2n) is 6.59. The number of rotatable bonds is 5. The number of aryl methyl sites for hydroxylation is 2. The second-order valence-corrected chi connectivity index (χ2v) is 8.28. The molecule has 0 aliphatic rings. The van der Waals surface area contributed by atoms with Crippen LogP contribution in [0.4, 0.5) is 11.6 Å². The van der Waals surface area contributed by atoms with Crippen LogP contribution in [0.2, 0.25) is 0 Å². The molecule has 9 nitrogen and oxygen atoms in total. The summed E-state index contributed by atoms with van der Waals surface area (Å²) in [5, 5.41) is 2.72. The van der Waals surface area contributed by atoms with E-state index in [1.807, 2.05) is 0 Å². The summed E-state index contributed by atoms with van der Waals surface area (Å²) in [6, 6.07) is 12.4. The summed E-state index contributed by atoms with van der Waals surface area (Å²) in [6.45, 7) is 3.51. The quantitative estimate of drug-likeness (QED) is 0.504. The van der Waals surface area contributed by atoms with Crippen LogP contribution in [0.3, 0.4) is 0 Å². The summed E-state index contributed by atoms with van der Waals surface area (Å²) in [6.07, 6.45) is 1.31. The number of carbonyl (C=O) groups excluding carboxylic acids is 1. The van der Waals surface area contributed by atoms with E-state index in [1.165, 1.54) is 30.7 Å². The highest BCUT2D eigenvalue weighted by atomic mass is 32.2. The van der Waals surface area contributed by atoms with E-state index in [-0.39, 0.29) is 16.8 Å². The lowest BCUT2D eigenvalue weighted by Crippen LogP contribution is -2.16. The third-order valence-corrected chi connectivity index (χ3v) is 5.57. The SMILES string of the molecule is Cc1cc(C)nc(NS(=O)(=O)c2ccc(NC(=O)c3ccc4ocnc4c3)cc2)n1. The molecule has 4 aromatic rings. The van der Waals surface area contributed by atoms with E-state index in [4.69, 9.17) is 4.42 Å². The van der Waals surface area contributed by atoms with Crippen molar-refractivity contribution < 1.29 is 17.6 Å². The van der Waals surface area contributed by atoms with Crippen molar-refractivity contribution in [2.75, 3.05) is 10.0 Å². The lowest BCUT2D eigenvalue weighted by atomic mass is 10.2. The van der Waals surface area contributed by atoms with Crippen molar-refractivity contribution in [3.63, 3.8) is 0 Å². The highest BCUT2D eigenvalue weighted by molar-refractivity contribution is 7.92. The van der Waals surface area contributed by atoms with Gasteiger partial charge in [-0.3, -0.25) is 4.79 Å². The second kappa shape index (κ2) is 7.56. The topological polar surface area (TPSA) is 127 Å². The van der Waals surface area contributed by atoms with Crippen molar-refractivity contribution >= 4 is 38.7 Å². The van der Waals surface area contributed by atoms with Gasteiger partial charge in [-0.15, -0.1) is 0 Å². The van der Waals surface area contributed by atoms with Gasteiger partial charge in [0.25, 0.3) is 15.9 Å². The molecule has 0 unspecified atom stereocenters. The van der Waals surface area contributed by atoms with Gasteiger partial charge in [0.05, 0.1) is 4.90 Å². The Kier molecular flexibility index (Phi) is 4.92. The minimum atomic E-state index is -3.87. The molecule has 0 saturated heterocycles. The van der Waals surface area contributed by atoms with E-state index in [9.17, 15) is 13.2 Å². The molecule has 0 aliphatic heterocycles. The molecular formula is C20H17N5O4S. The first-order valence-corrected chi connectivity index (χ1v) is 10.4. The Balaban J connectivity index is 1.49. The molecule has 2 aromatic heterocycles. The predicted molar refractivity (Wildman–Crippen MR) is 111 cm³/mol. The van der Waals surface area contributed by atoms with Crippen LogP contribution in [0.5, 0.6) is 0 Å². The zero-order valence-corrected chi connectivity index (χ0v) is 16.9. The Hall–Kier alpha value is -3.79. The molecule has 0 saturated carbocycles. The summed E-state index contributed by atoms with van der Waals surface area (Å²) >= 11 is 0. The highest BCUT2D eigenvalue weighted by Crippen LogP contribution is 2.19. The number of sulfonamides is 1. The number of benzene rings is 2. The molecule has 0 bridgehead atoms. The number of nitrogens with zero attached hydrogens (tertiary/aromatic N) is 3. The minimum Gasteiger partial charge on any atom is -0.443 e. The largest absolute Gasteiger partial charge is 0.443 e. The van der Waals surface area contributed by atoms with Gasteiger partial charge in [-0.05, 0) is 62.4 Å². The summed E-state index contributed by atoms with van der Waals surface area (Å²) in [5.41, 5.74) is 3.32. The Morgan fingerprint density at radius 2 is 1.67 bits per heavy atom. The average Bonchev–Trinajstić information content (AvgIpc) is 3.15. The van der Waals surface area contributed by atoms with Crippen LogP contribution in [0.1, 0.15) is 21.7 Å². The molecule has 0 atom stereocenters. The smallest absolute Gasteiger partial charge is 0.264 e. The summed E-state index contributed by atoms with van der Waals surface area (Å²) in [4.78, 5) is 24.7. The maximum absolute atomic E-state index is 12.6. The maximum atomic E-state index is 12.6. The van der Waals surface area contributed by atoms with E-state index in [0.717, 1.165) is 0 Å². The molecule has 0 spiro atoms. The van der Waals surface area contributed by atoms with Crippen molar-refractivity contribution in [2.24, 2.45) is 0 Å². The van der Waals surface area contributed by atoms with Crippen molar-refractivity contribution in [2.45, 2.75) is 18.7 Å². The number of anilines is 2. The first kappa shape index (κ1) is 19.5. The van der Waals surface area contributed by atoms with Crippen LogP contribution in [0.25, 0.3) is 11.1 Å². The predicted octanol–water partition coefficient (Wildman–Crippen LogP) is 3.29. The third-order valence-electron chi connectivity index (χ3n) is 4.22. The van der Waals surface area contributed by atoms with Gasteiger partial charge in [-0.1, -0.05) is 0 Å². The monoisotopic (exact) mass is 423 g/mol. The number of hydrogen-bond donors (Lipinski definition) is 2.